The minimum Gasteiger partial charge on any atom is -0.322 e. The lowest BCUT2D eigenvalue weighted by molar-refractivity contribution is -0.118. The molecule has 0 aromatic rings. The minimum absolute atomic E-state index is 0.128. The maximum absolute atomic E-state index is 11.0. The second-order valence-electron chi connectivity index (χ2n) is 5.98. The first-order valence-corrected chi connectivity index (χ1v) is 7.35. The van der Waals surface area contributed by atoms with Gasteiger partial charge in [-0.25, -0.2) is 0 Å². The Bertz CT molecular complexity index is 221. The smallest absolute Gasteiger partial charge is 0.146 e. The van der Waals surface area contributed by atoms with E-state index in [0.717, 1.165) is 24.7 Å². The summed E-state index contributed by atoms with van der Waals surface area (Å²) in [7, 11) is 0. The third kappa shape index (κ3) is 6.21. The van der Waals surface area contributed by atoms with E-state index in [2.05, 4.69) is 6.92 Å². The first kappa shape index (κ1) is 14.7. The van der Waals surface area contributed by atoms with Gasteiger partial charge in [0, 0.05) is 0 Å². The van der Waals surface area contributed by atoms with Crippen LogP contribution in [-0.2, 0) is 4.79 Å². The third-order valence-corrected chi connectivity index (χ3v) is 4.28. The van der Waals surface area contributed by atoms with Crippen molar-refractivity contribution in [2.45, 2.75) is 77.7 Å². The quantitative estimate of drug-likeness (QED) is 0.702. The number of hydrogen-bond donors (Lipinski definition) is 1. The first-order valence-electron chi connectivity index (χ1n) is 7.35. The van der Waals surface area contributed by atoms with Gasteiger partial charge in [-0.3, -0.25) is 4.79 Å². The van der Waals surface area contributed by atoms with Crippen LogP contribution < -0.4 is 5.73 Å². The second-order valence-corrected chi connectivity index (χ2v) is 5.98. The lowest BCUT2D eigenvalue weighted by Gasteiger charge is -2.15. The van der Waals surface area contributed by atoms with Gasteiger partial charge in [0.1, 0.15) is 5.78 Å². The van der Waals surface area contributed by atoms with Crippen molar-refractivity contribution in [1.29, 1.82) is 0 Å². The van der Waals surface area contributed by atoms with Crippen molar-refractivity contribution in [3.63, 3.8) is 0 Å². The van der Waals surface area contributed by atoms with Gasteiger partial charge in [-0.15, -0.1) is 0 Å². The summed E-state index contributed by atoms with van der Waals surface area (Å²) in [4.78, 5) is 11.0. The van der Waals surface area contributed by atoms with Gasteiger partial charge in [0.15, 0.2) is 0 Å². The molecule has 2 nitrogen and oxygen atoms in total. The highest BCUT2D eigenvalue weighted by Gasteiger charge is 2.15. The van der Waals surface area contributed by atoms with Crippen LogP contribution in [-0.4, -0.2) is 11.8 Å². The van der Waals surface area contributed by atoms with E-state index in [0.29, 0.717) is 0 Å². The highest BCUT2D eigenvalue weighted by Crippen LogP contribution is 2.29. The maximum Gasteiger partial charge on any atom is 0.146 e. The fraction of sp³-hybridized carbons (Fsp3) is 0.933. The van der Waals surface area contributed by atoms with Crippen molar-refractivity contribution in [3.8, 4) is 0 Å². The maximum atomic E-state index is 11.0. The second kappa shape index (κ2) is 7.86. The van der Waals surface area contributed by atoms with Gasteiger partial charge in [0.25, 0.3) is 0 Å². The standard InChI is InChI=1S/C15H29NO/c1-12(10-11-15(16)13(2)17)6-5-9-14-7-3-4-8-14/h12,14-15H,3-11,16H2,1-2H3/t12-,15-/m0/s1. The highest BCUT2D eigenvalue weighted by molar-refractivity contribution is 5.80. The Hall–Kier alpha value is -0.370. The number of carbonyl (C=O) groups excluding carboxylic acids is 1. The summed E-state index contributed by atoms with van der Waals surface area (Å²) in [6, 6.07) is -0.229. The monoisotopic (exact) mass is 239 g/mol. The van der Waals surface area contributed by atoms with Crippen molar-refractivity contribution >= 4 is 5.78 Å². The van der Waals surface area contributed by atoms with Gasteiger partial charge in [-0.1, -0.05) is 51.9 Å². The van der Waals surface area contributed by atoms with E-state index < -0.39 is 0 Å². The normalized spacial score (nSPS) is 20.4. The van der Waals surface area contributed by atoms with Crippen molar-refractivity contribution < 1.29 is 4.79 Å². The molecule has 17 heavy (non-hydrogen) atoms. The lowest BCUT2D eigenvalue weighted by atomic mass is 9.92. The minimum atomic E-state index is -0.229. The average Bonchev–Trinajstić information content (AvgIpc) is 2.78. The molecule has 0 saturated heterocycles. The Morgan fingerprint density at radius 1 is 1.24 bits per heavy atom. The summed E-state index contributed by atoms with van der Waals surface area (Å²) in [6.07, 6.45) is 11.9. The molecule has 0 amide bonds. The van der Waals surface area contributed by atoms with Gasteiger partial charge in [0.2, 0.25) is 0 Å². The van der Waals surface area contributed by atoms with Crippen LogP contribution in [0.2, 0.25) is 0 Å². The predicted octanol–water partition coefficient (Wildman–Crippen LogP) is 3.68. The summed E-state index contributed by atoms with van der Waals surface area (Å²) >= 11 is 0. The zero-order chi connectivity index (χ0) is 12.7. The highest BCUT2D eigenvalue weighted by atomic mass is 16.1. The predicted molar refractivity (Wildman–Crippen MR) is 72.9 cm³/mol. The Balaban J connectivity index is 2.00. The summed E-state index contributed by atoms with van der Waals surface area (Å²) in [5, 5.41) is 0. The molecule has 0 aliphatic heterocycles. The van der Waals surface area contributed by atoms with Gasteiger partial charge < -0.3 is 5.73 Å². The molecule has 1 fully saturated rings. The van der Waals surface area contributed by atoms with Gasteiger partial charge in [0.05, 0.1) is 6.04 Å². The van der Waals surface area contributed by atoms with E-state index >= 15 is 0 Å². The molecule has 0 heterocycles. The fourth-order valence-corrected chi connectivity index (χ4v) is 2.87. The average molecular weight is 239 g/mol. The third-order valence-electron chi connectivity index (χ3n) is 4.28. The van der Waals surface area contributed by atoms with Crippen LogP contribution >= 0.6 is 0 Å². The number of Topliss-reactive ketones (excluding diaryl/α,β-unsaturated/α-hetero) is 1. The summed E-state index contributed by atoms with van der Waals surface area (Å²) in [5.41, 5.74) is 5.74. The fourth-order valence-electron chi connectivity index (χ4n) is 2.87. The lowest BCUT2D eigenvalue weighted by Crippen LogP contribution is -2.28. The Morgan fingerprint density at radius 3 is 2.47 bits per heavy atom. The zero-order valence-corrected chi connectivity index (χ0v) is 11.6. The Kier molecular flexibility index (Phi) is 6.79. The van der Waals surface area contributed by atoms with Crippen LogP contribution in [0, 0.1) is 11.8 Å². The molecule has 2 N–H and O–H groups in total. The zero-order valence-electron chi connectivity index (χ0n) is 11.6. The Labute approximate surface area is 106 Å². The molecule has 2 atom stereocenters. The van der Waals surface area contributed by atoms with E-state index in [1.807, 2.05) is 0 Å². The summed E-state index contributed by atoms with van der Waals surface area (Å²) in [6.45, 7) is 3.89. The molecule has 2 heteroatoms. The molecular weight excluding hydrogens is 210 g/mol. The summed E-state index contributed by atoms with van der Waals surface area (Å²) < 4.78 is 0. The van der Waals surface area contributed by atoms with Crippen molar-refractivity contribution in [1.82, 2.24) is 0 Å². The molecule has 0 aromatic carbocycles. The molecule has 1 saturated carbocycles. The largest absolute Gasteiger partial charge is 0.322 e. The molecule has 0 radical (unpaired) electrons. The van der Waals surface area contributed by atoms with E-state index in [1.165, 1.54) is 44.9 Å². The molecule has 1 rings (SSSR count). The Morgan fingerprint density at radius 2 is 1.88 bits per heavy atom. The number of nitrogens with two attached hydrogens (primary N) is 1. The number of hydrogen-bond acceptors (Lipinski definition) is 2. The van der Waals surface area contributed by atoms with Crippen LogP contribution in [0.4, 0.5) is 0 Å². The molecule has 100 valence electrons. The van der Waals surface area contributed by atoms with E-state index in [4.69, 9.17) is 5.73 Å². The van der Waals surface area contributed by atoms with Crippen molar-refractivity contribution in [3.05, 3.63) is 0 Å². The van der Waals surface area contributed by atoms with Gasteiger partial charge >= 0.3 is 0 Å². The van der Waals surface area contributed by atoms with Crippen LogP contribution in [0.5, 0.6) is 0 Å². The summed E-state index contributed by atoms with van der Waals surface area (Å²) in [5.74, 6) is 1.87. The van der Waals surface area contributed by atoms with E-state index in [9.17, 15) is 4.79 Å². The molecule has 0 spiro atoms. The van der Waals surface area contributed by atoms with Gasteiger partial charge in [-0.2, -0.15) is 0 Å². The van der Waals surface area contributed by atoms with Crippen LogP contribution in [0.25, 0.3) is 0 Å². The molecule has 1 aliphatic carbocycles. The number of ketones is 1. The van der Waals surface area contributed by atoms with Gasteiger partial charge in [-0.05, 0) is 31.6 Å². The molecular formula is C15H29NO. The van der Waals surface area contributed by atoms with E-state index in [1.54, 1.807) is 6.92 Å². The van der Waals surface area contributed by atoms with Crippen LogP contribution in [0.3, 0.4) is 0 Å². The SMILES string of the molecule is CC(=O)[C@@H](N)CC[C@@H](C)CCCC1CCCC1. The van der Waals surface area contributed by atoms with Crippen LogP contribution in [0.15, 0.2) is 0 Å². The molecule has 0 aromatic heterocycles. The first-order chi connectivity index (χ1) is 8.09. The molecule has 1 aliphatic rings. The molecule has 0 bridgehead atoms. The van der Waals surface area contributed by atoms with Crippen LogP contribution in [0.1, 0.15) is 71.6 Å². The number of carbonyl (C=O) groups is 1. The van der Waals surface area contributed by atoms with Crippen molar-refractivity contribution in [2.24, 2.45) is 17.6 Å². The topological polar surface area (TPSA) is 43.1 Å². The van der Waals surface area contributed by atoms with Crippen molar-refractivity contribution in [2.75, 3.05) is 0 Å². The number of rotatable bonds is 8. The molecule has 0 unspecified atom stereocenters. The van der Waals surface area contributed by atoms with E-state index in [-0.39, 0.29) is 11.8 Å².